The predicted molar refractivity (Wildman–Crippen MR) is 73.8 cm³/mol. The number of benzene rings is 1. The number of rotatable bonds is 5. The topological polar surface area (TPSA) is 33.7 Å². The summed E-state index contributed by atoms with van der Waals surface area (Å²) >= 11 is 0. The molecule has 1 unspecified atom stereocenters. The molecule has 1 aromatic carbocycles. The van der Waals surface area contributed by atoms with E-state index in [1.54, 1.807) is 14.2 Å². The van der Waals surface area contributed by atoms with Crippen molar-refractivity contribution in [1.82, 2.24) is 5.32 Å². The van der Waals surface area contributed by atoms with Crippen molar-refractivity contribution in [2.75, 3.05) is 45.8 Å². The molecule has 1 aliphatic rings. The average molecular weight is 250 g/mol. The fourth-order valence-corrected chi connectivity index (χ4v) is 2.55. The number of nitrogens with zero attached hydrogens (tertiary/aromatic N) is 1. The minimum absolute atomic E-state index is 0.724. The SMILES string of the molecule is CNCC1CCN(c2ccc(OC)cc2OC)C1. The highest BCUT2D eigenvalue weighted by Gasteiger charge is 2.24. The van der Waals surface area contributed by atoms with Crippen molar-refractivity contribution in [3.05, 3.63) is 18.2 Å². The highest BCUT2D eigenvalue weighted by atomic mass is 16.5. The minimum Gasteiger partial charge on any atom is -0.497 e. The van der Waals surface area contributed by atoms with Crippen LogP contribution in [0.4, 0.5) is 5.69 Å². The smallest absolute Gasteiger partial charge is 0.145 e. The van der Waals surface area contributed by atoms with E-state index in [9.17, 15) is 0 Å². The summed E-state index contributed by atoms with van der Waals surface area (Å²) in [5.74, 6) is 2.45. The second-order valence-electron chi connectivity index (χ2n) is 4.70. The maximum Gasteiger partial charge on any atom is 0.145 e. The predicted octanol–water partition coefficient (Wildman–Crippen LogP) is 1.75. The van der Waals surface area contributed by atoms with Gasteiger partial charge in [0.25, 0.3) is 0 Å². The van der Waals surface area contributed by atoms with Crippen molar-refractivity contribution in [3.63, 3.8) is 0 Å². The molecule has 1 aliphatic heterocycles. The maximum absolute atomic E-state index is 5.46. The van der Waals surface area contributed by atoms with Crippen LogP contribution in [0, 0.1) is 5.92 Å². The van der Waals surface area contributed by atoms with Crippen LogP contribution in [0.1, 0.15) is 6.42 Å². The van der Waals surface area contributed by atoms with Gasteiger partial charge >= 0.3 is 0 Å². The maximum atomic E-state index is 5.46. The quantitative estimate of drug-likeness (QED) is 0.863. The molecule has 1 heterocycles. The van der Waals surface area contributed by atoms with Gasteiger partial charge in [0.05, 0.1) is 19.9 Å². The van der Waals surface area contributed by atoms with Crippen molar-refractivity contribution in [2.45, 2.75) is 6.42 Å². The fraction of sp³-hybridized carbons (Fsp3) is 0.571. The zero-order valence-electron chi connectivity index (χ0n) is 11.4. The summed E-state index contributed by atoms with van der Waals surface area (Å²) in [6.45, 7) is 3.26. The molecule has 1 aromatic rings. The van der Waals surface area contributed by atoms with Crippen molar-refractivity contribution < 1.29 is 9.47 Å². The molecule has 1 N–H and O–H groups in total. The molecule has 100 valence electrons. The highest BCUT2D eigenvalue weighted by molar-refractivity contribution is 5.61. The van der Waals surface area contributed by atoms with Gasteiger partial charge in [-0.25, -0.2) is 0 Å². The Hall–Kier alpha value is -1.42. The van der Waals surface area contributed by atoms with Crippen molar-refractivity contribution >= 4 is 5.69 Å². The van der Waals surface area contributed by atoms with Crippen molar-refractivity contribution in [1.29, 1.82) is 0 Å². The number of nitrogens with one attached hydrogen (secondary N) is 1. The van der Waals surface area contributed by atoms with Crippen LogP contribution in [0.15, 0.2) is 18.2 Å². The standard InChI is InChI=1S/C14H22N2O2/c1-15-9-11-6-7-16(10-11)13-5-4-12(17-2)8-14(13)18-3/h4-5,8,11,15H,6-7,9-10H2,1-3H3. The molecule has 1 fully saturated rings. The second-order valence-corrected chi connectivity index (χ2v) is 4.70. The van der Waals surface area contributed by atoms with Gasteiger partial charge in [-0.05, 0) is 38.1 Å². The lowest BCUT2D eigenvalue weighted by atomic mass is 10.1. The Labute approximate surface area is 109 Å². The van der Waals surface area contributed by atoms with Crippen LogP contribution in [0.5, 0.6) is 11.5 Å². The van der Waals surface area contributed by atoms with Gasteiger partial charge < -0.3 is 19.7 Å². The molecule has 2 rings (SSSR count). The van der Waals surface area contributed by atoms with Crippen LogP contribution in [-0.2, 0) is 0 Å². The number of methoxy groups -OCH3 is 2. The highest BCUT2D eigenvalue weighted by Crippen LogP contribution is 2.34. The molecule has 4 heteroatoms. The van der Waals surface area contributed by atoms with E-state index in [1.165, 1.54) is 6.42 Å². The van der Waals surface area contributed by atoms with Gasteiger partial charge in [0.1, 0.15) is 11.5 Å². The lowest BCUT2D eigenvalue weighted by Gasteiger charge is -2.21. The number of hydrogen-bond acceptors (Lipinski definition) is 4. The molecule has 0 radical (unpaired) electrons. The fourth-order valence-electron chi connectivity index (χ4n) is 2.55. The van der Waals surface area contributed by atoms with E-state index in [4.69, 9.17) is 9.47 Å². The van der Waals surface area contributed by atoms with E-state index in [2.05, 4.69) is 16.3 Å². The lowest BCUT2D eigenvalue weighted by molar-refractivity contribution is 0.394. The number of ether oxygens (including phenoxy) is 2. The Morgan fingerprint density at radius 3 is 2.83 bits per heavy atom. The van der Waals surface area contributed by atoms with E-state index in [1.807, 2.05) is 19.2 Å². The molecule has 0 saturated carbocycles. The monoisotopic (exact) mass is 250 g/mol. The van der Waals surface area contributed by atoms with E-state index >= 15 is 0 Å². The van der Waals surface area contributed by atoms with Crippen LogP contribution < -0.4 is 19.7 Å². The second kappa shape index (κ2) is 5.96. The molecule has 0 spiro atoms. The van der Waals surface area contributed by atoms with E-state index < -0.39 is 0 Å². The minimum atomic E-state index is 0.724. The van der Waals surface area contributed by atoms with Gasteiger partial charge in [-0.3, -0.25) is 0 Å². The van der Waals surface area contributed by atoms with Gasteiger partial charge in [-0.2, -0.15) is 0 Å². The van der Waals surface area contributed by atoms with Crippen LogP contribution >= 0.6 is 0 Å². The summed E-state index contributed by atoms with van der Waals surface area (Å²) in [5, 5.41) is 3.25. The summed E-state index contributed by atoms with van der Waals surface area (Å²) in [7, 11) is 5.39. The Morgan fingerprint density at radius 2 is 2.17 bits per heavy atom. The first-order valence-electron chi connectivity index (χ1n) is 6.40. The van der Waals surface area contributed by atoms with Crippen molar-refractivity contribution in [2.24, 2.45) is 5.92 Å². The Kier molecular flexibility index (Phi) is 4.31. The van der Waals surface area contributed by atoms with E-state index in [0.717, 1.165) is 42.7 Å². The van der Waals surface area contributed by atoms with E-state index in [-0.39, 0.29) is 0 Å². The molecule has 4 nitrogen and oxygen atoms in total. The third kappa shape index (κ3) is 2.70. The van der Waals surface area contributed by atoms with Crippen LogP contribution in [0.2, 0.25) is 0 Å². The summed E-state index contributed by atoms with van der Waals surface area (Å²) in [6.07, 6.45) is 1.23. The Balaban J connectivity index is 2.13. The average Bonchev–Trinajstić information content (AvgIpc) is 2.87. The lowest BCUT2D eigenvalue weighted by Crippen LogP contribution is -2.24. The normalized spacial score (nSPS) is 19.1. The summed E-state index contributed by atoms with van der Waals surface area (Å²) < 4.78 is 10.7. The zero-order valence-corrected chi connectivity index (χ0v) is 11.4. The van der Waals surface area contributed by atoms with Gasteiger partial charge in [0, 0.05) is 19.2 Å². The summed E-state index contributed by atoms with van der Waals surface area (Å²) in [6, 6.07) is 6.02. The molecular weight excluding hydrogens is 228 g/mol. The molecule has 0 aromatic heterocycles. The number of hydrogen-bond donors (Lipinski definition) is 1. The van der Waals surface area contributed by atoms with Crippen LogP contribution in [-0.4, -0.2) is 40.9 Å². The van der Waals surface area contributed by atoms with Gasteiger partial charge in [-0.15, -0.1) is 0 Å². The molecular formula is C14H22N2O2. The third-order valence-electron chi connectivity index (χ3n) is 3.51. The molecule has 1 saturated heterocycles. The summed E-state index contributed by atoms with van der Waals surface area (Å²) in [5.41, 5.74) is 1.16. The number of anilines is 1. The first kappa shape index (κ1) is 13.0. The molecule has 0 aliphatic carbocycles. The zero-order chi connectivity index (χ0) is 13.0. The Morgan fingerprint density at radius 1 is 1.33 bits per heavy atom. The first-order valence-corrected chi connectivity index (χ1v) is 6.40. The molecule has 0 amide bonds. The third-order valence-corrected chi connectivity index (χ3v) is 3.51. The van der Waals surface area contributed by atoms with Crippen molar-refractivity contribution in [3.8, 4) is 11.5 Å². The summed E-state index contributed by atoms with van der Waals surface area (Å²) in [4.78, 5) is 2.39. The molecule has 1 atom stereocenters. The van der Waals surface area contributed by atoms with Crippen LogP contribution in [0.3, 0.4) is 0 Å². The van der Waals surface area contributed by atoms with Crippen LogP contribution in [0.25, 0.3) is 0 Å². The Bertz CT molecular complexity index is 395. The van der Waals surface area contributed by atoms with Gasteiger partial charge in [0.15, 0.2) is 0 Å². The molecule has 18 heavy (non-hydrogen) atoms. The first-order chi connectivity index (χ1) is 8.78. The van der Waals surface area contributed by atoms with Gasteiger partial charge in [0.2, 0.25) is 0 Å². The van der Waals surface area contributed by atoms with E-state index in [0.29, 0.717) is 0 Å². The largest absolute Gasteiger partial charge is 0.497 e. The van der Waals surface area contributed by atoms with Gasteiger partial charge in [-0.1, -0.05) is 0 Å². The molecule has 0 bridgehead atoms.